The highest BCUT2D eigenvalue weighted by atomic mass is 15.2. The van der Waals surface area contributed by atoms with E-state index in [4.69, 9.17) is 0 Å². The van der Waals surface area contributed by atoms with Crippen molar-refractivity contribution in [2.75, 3.05) is 32.7 Å². The quantitative estimate of drug-likeness (QED) is 0.394. The molecule has 0 amide bonds. The Morgan fingerprint density at radius 1 is 0.750 bits per heavy atom. The summed E-state index contributed by atoms with van der Waals surface area (Å²) in [5, 5.41) is 0. The van der Waals surface area contributed by atoms with Gasteiger partial charge in [0.1, 0.15) is 0 Å². The molecule has 2 saturated heterocycles. The third kappa shape index (κ3) is 4.77. The Bertz CT molecular complexity index is 772. The Labute approximate surface area is 196 Å². The van der Waals surface area contributed by atoms with Crippen LogP contribution in [0.2, 0.25) is 0 Å². The minimum absolute atomic E-state index is 0.451. The number of piperidine rings is 2. The first-order chi connectivity index (χ1) is 15.9. The Kier molecular flexibility index (Phi) is 7.49. The molecular weight excluding hydrogens is 388 g/mol. The van der Waals surface area contributed by atoms with E-state index in [0.29, 0.717) is 11.5 Å². The van der Waals surface area contributed by atoms with Crippen molar-refractivity contribution < 1.29 is 0 Å². The Morgan fingerprint density at radius 2 is 1.53 bits per heavy atom. The smallest absolute Gasteiger partial charge is 0.0379 e. The second-order valence-electron chi connectivity index (χ2n) is 10.9. The van der Waals surface area contributed by atoms with E-state index in [-0.39, 0.29) is 0 Å². The summed E-state index contributed by atoms with van der Waals surface area (Å²) in [4.78, 5) is 5.81. The molecule has 0 N–H and O–H groups in total. The number of hydrogen-bond donors (Lipinski definition) is 0. The summed E-state index contributed by atoms with van der Waals surface area (Å²) < 4.78 is 0. The molecule has 174 valence electrons. The topological polar surface area (TPSA) is 6.48 Å². The van der Waals surface area contributed by atoms with Gasteiger partial charge >= 0.3 is 0 Å². The van der Waals surface area contributed by atoms with Crippen molar-refractivity contribution in [2.45, 2.75) is 76.7 Å². The van der Waals surface area contributed by atoms with Crippen LogP contribution in [0.3, 0.4) is 0 Å². The van der Waals surface area contributed by atoms with Gasteiger partial charge < -0.3 is 4.90 Å². The van der Waals surface area contributed by atoms with Crippen molar-refractivity contribution in [3.63, 3.8) is 0 Å². The monoisotopic (exact) mass is 432 g/mol. The van der Waals surface area contributed by atoms with Crippen LogP contribution in [0.1, 0.15) is 70.6 Å². The first-order valence-corrected chi connectivity index (χ1v) is 13.6. The zero-order valence-corrected chi connectivity index (χ0v) is 20.1. The average molecular weight is 433 g/mol. The number of fused-ring (bicyclic) bond motifs is 1. The molecule has 0 radical (unpaired) electrons. The van der Waals surface area contributed by atoms with E-state index in [9.17, 15) is 0 Å². The zero-order chi connectivity index (χ0) is 21.6. The van der Waals surface area contributed by atoms with Crippen LogP contribution in [-0.2, 0) is 0 Å². The molecule has 6 atom stereocenters. The molecule has 5 aliphatic heterocycles. The van der Waals surface area contributed by atoms with Gasteiger partial charge in [-0.15, -0.1) is 0 Å². The molecule has 2 nitrogen and oxygen atoms in total. The van der Waals surface area contributed by atoms with Gasteiger partial charge in [-0.25, -0.2) is 0 Å². The third-order valence-electron chi connectivity index (χ3n) is 8.93. The molecular formula is C30H44N2. The molecule has 0 aromatic rings. The van der Waals surface area contributed by atoms with Gasteiger partial charge in [-0.2, -0.15) is 0 Å². The first kappa shape index (κ1) is 22.4. The molecule has 2 heteroatoms. The molecule has 6 rings (SSSR count). The summed E-state index contributed by atoms with van der Waals surface area (Å²) in [6.07, 6.45) is 36.0. The summed E-state index contributed by atoms with van der Waals surface area (Å²) >= 11 is 0. The molecule has 2 unspecified atom stereocenters. The first-order valence-electron chi connectivity index (χ1n) is 13.6. The summed E-state index contributed by atoms with van der Waals surface area (Å²) in [6, 6.07) is 0.666. The fourth-order valence-corrected chi connectivity index (χ4v) is 7.64. The van der Waals surface area contributed by atoms with E-state index < -0.39 is 0 Å². The predicted octanol–water partition coefficient (Wildman–Crippen LogP) is 6.69. The molecule has 2 fully saturated rings. The second-order valence-corrected chi connectivity index (χ2v) is 10.9. The standard InChI is InChI=1S/C30H44N2/c1-2-4-7-12-16-21-32-24-27-23-26-17-13-9-5-8-11-15-20-31-22-18-28(27)30(25-31,29(26)32)19-14-10-6-3-1/h1-2,5-7,9-10,12,23,27-29H,3-4,8,11,13-22,24-25H2/b2-1-,9-5-,10-6-,12-7-/t27-,28-,29-,30-/m1/s1. The average Bonchev–Trinajstić information content (AvgIpc) is 2.80. The van der Waals surface area contributed by atoms with Crippen molar-refractivity contribution in [1.82, 2.24) is 9.80 Å². The van der Waals surface area contributed by atoms with Gasteiger partial charge in [-0.05, 0) is 95.6 Å². The molecule has 0 saturated carbocycles. The van der Waals surface area contributed by atoms with E-state index in [1.165, 1.54) is 90.5 Å². The van der Waals surface area contributed by atoms with E-state index in [1.807, 2.05) is 0 Å². The molecule has 6 bridgehead atoms. The van der Waals surface area contributed by atoms with Crippen LogP contribution in [0, 0.1) is 17.3 Å². The van der Waals surface area contributed by atoms with Crippen LogP contribution in [-0.4, -0.2) is 48.6 Å². The maximum absolute atomic E-state index is 2.94. The maximum Gasteiger partial charge on any atom is 0.0379 e. The lowest BCUT2D eigenvalue weighted by atomic mass is 9.52. The maximum atomic E-state index is 2.94. The van der Waals surface area contributed by atoms with E-state index in [0.717, 1.165) is 24.7 Å². The molecule has 32 heavy (non-hydrogen) atoms. The number of allylic oxidation sites excluding steroid dienone is 7. The Morgan fingerprint density at radius 3 is 2.44 bits per heavy atom. The molecule has 1 spiro atoms. The minimum Gasteiger partial charge on any atom is -0.303 e. The molecule has 1 aliphatic carbocycles. The van der Waals surface area contributed by atoms with Crippen molar-refractivity contribution >= 4 is 0 Å². The Hall–Kier alpha value is -1.38. The zero-order valence-electron chi connectivity index (χ0n) is 20.1. The van der Waals surface area contributed by atoms with Crippen LogP contribution in [0.15, 0.2) is 60.3 Å². The van der Waals surface area contributed by atoms with Gasteiger partial charge in [0.15, 0.2) is 0 Å². The lowest BCUT2D eigenvalue weighted by Crippen LogP contribution is -2.68. The van der Waals surface area contributed by atoms with Gasteiger partial charge in [0.2, 0.25) is 0 Å². The van der Waals surface area contributed by atoms with Crippen molar-refractivity contribution in [3.05, 3.63) is 60.3 Å². The van der Waals surface area contributed by atoms with E-state index in [1.54, 1.807) is 5.57 Å². The summed E-state index contributed by atoms with van der Waals surface area (Å²) in [5.74, 6) is 1.67. The highest BCUT2D eigenvalue weighted by Gasteiger charge is 2.58. The van der Waals surface area contributed by atoms with Crippen LogP contribution in [0.5, 0.6) is 0 Å². The number of nitrogens with zero attached hydrogens (tertiary/aromatic N) is 2. The van der Waals surface area contributed by atoms with Crippen LogP contribution >= 0.6 is 0 Å². The second kappa shape index (κ2) is 10.7. The minimum atomic E-state index is 0.451. The van der Waals surface area contributed by atoms with Crippen LogP contribution in [0.25, 0.3) is 0 Å². The summed E-state index contributed by atoms with van der Waals surface area (Å²) in [5.41, 5.74) is 2.25. The van der Waals surface area contributed by atoms with Crippen molar-refractivity contribution in [3.8, 4) is 0 Å². The van der Waals surface area contributed by atoms with Crippen molar-refractivity contribution in [2.24, 2.45) is 17.3 Å². The van der Waals surface area contributed by atoms with E-state index in [2.05, 4.69) is 64.5 Å². The predicted molar refractivity (Wildman–Crippen MR) is 137 cm³/mol. The Balaban J connectivity index is 1.50. The van der Waals surface area contributed by atoms with Gasteiger partial charge in [0.05, 0.1) is 0 Å². The fraction of sp³-hybridized carbons (Fsp3) is 0.667. The molecule has 6 aliphatic rings. The molecule has 0 aromatic heterocycles. The molecule has 0 aromatic carbocycles. The van der Waals surface area contributed by atoms with Gasteiger partial charge in [-0.1, -0.05) is 60.3 Å². The largest absolute Gasteiger partial charge is 0.303 e. The van der Waals surface area contributed by atoms with Gasteiger partial charge in [-0.3, -0.25) is 4.90 Å². The highest BCUT2D eigenvalue weighted by molar-refractivity contribution is 5.30. The van der Waals surface area contributed by atoms with Gasteiger partial charge in [0, 0.05) is 31.1 Å². The van der Waals surface area contributed by atoms with Crippen LogP contribution in [0.4, 0.5) is 0 Å². The molecule has 5 heterocycles. The third-order valence-corrected chi connectivity index (χ3v) is 8.93. The van der Waals surface area contributed by atoms with Gasteiger partial charge in [0.25, 0.3) is 0 Å². The summed E-state index contributed by atoms with van der Waals surface area (Å²) in [6.45, 7) is 6.52. The van der Waals surface area contributed by atoms with Crippen molar-refractivity contribution in [1.29, 1.82) is 0 Å². The van der Waals surface area contributed by atoms with E-state index >= 15 is 0 Å². The SMILES string of the molecule is C1=C2CC/C=C\CCCCN3CC[C@@H]4[C@H]1CN1CC/C=C\C/C=C\C/C=C\CC[C@]4(C3)[C@@H]21. The number of rotatable bonds is 0. The lowest BCUT2D eigenvalue weighted by molar-refractivity contribution is -0.109. The highest BCUT2D eigenvalue weighted by Crippen LogP contribution is 2.57. The fourth-order valence-electron chi connectivity index (χ4n) is 7.64. The normalized spacial score (nSPS) is 44.5. The number of hydrogen-bond acceptors (Lipinski definition) is 2. The van der Waals surface area contributed by atoms with Crippen LogP contribution < -0.4 is 0 Å². The lowest BCUT2D eigenvalue weighted by Gasteiger charge is -2.64. The summed E-state index contributed by atoms with van der Waals surface area (Å²) in [7, 11) is 0.